The number of carbonyl (C=O) groups is 1. The maximum Gasteiger partial charge on any atom is 0.242 e. The summed E-state index contributed by atoms with van der Waals surface area (Å²) < 4.78 is 6.17. The highest BCUT2D eigenvalue weighted by atomic mass is 79.9. The first-order chi connectivity index (χ1) is 8.50. The van der Waals surface area contributed by atoms with Crippen molar-refractivity contribution in [3.63, 3.8) is 0 Å². The number of carbonyl (C=O) groups excluding carboxylic acids is 1. The molecule has 0 radical (unpaired) electrons. The molecule has 1 unspecified atom stereocenters. The van der Waals surface area contributed by atoms with Crippen molar-refractivity contribution in [3.8, 4) is 0 Å². The first-order valence-corrected chi connectivity index (χ1v) is 6.49. The van der Waals surface area contributed by atoms with Crippen LogP contribution in [-0.4, -0.2) is 31.7 Å². The molecule has 6 heteroatoms. The Bertz CT molecular complexity index is 479. The largest absolute Gasteiger partial charge is 0.398 e. The van der Waals surface area contributed by atoms with Crippen LogP contribution in [0.4, 0.5) is 11.4 Å². The van der Waals surface area contributed by atoms with E-state index in [4.69, 9.17) is 16.2 Å². The fourth-order valence-corrected chi connectivity index (χ4v) is 2.62. The van der Waals surface area contributed by atoms with E-state index >= 15 is 0 Å². The lowest BCUT2D eigenvalue weighted by atomic mass is 10.1. The number of hydrogen-bond acceptors (Lipinski definition) is 4. The van der Waals surface area contributed by atoms with Crippen LogP contribution in [0.1, 0.15) is 5.56 Å². The van der Waals surface area contributed by atoms with Gasteiger partial charge in [0.1, 0.15) is 6.04 Å². The summed E-state index contributed by atoms with van der Waals surface area (Å²) in [7, 11) is 0. The SMILES string of the molecule is Cc1cc(N2CCOCC2C(N)=O)c(Br)cc1N. The lowest BCUT2D eigenvalue weighted by Gasteiger charge is -2.36. The topological polar surface area (TPSA) is 81.6 Å². The minimum atomic E-state index is -0.432. The molecule has 0 aromatic heterocycles. The second-order valence-corrected chi connectivity index (χ2v) is 5.20. The summed E-state index contributed by atoms with van der Waals surface area (Å²) in [4.78, 5) is 13.4. The molecule has 18 heavy (non-hydrogen) atoms. The number of halogens is 1. The van der Waals surface area contributed by atoms with Gasteiger partial charge in [-0.05, 0) is 40.5 Å². The molecule has 1 aromatic rings. The lowest BCUT2D eigenvalue weighted by molar-refractivity contribution is -0.121. The second-order valence-electron chi connectivity index (χ2n) is 4.35. The number of benzene rings is 1. The summed E-state index contributed by atoms with van der Waals surface area (Å²) in [6.45, 7) is 3.48. The summed E-state index contributed by atoms with van der Waals surface area (Å²) in [5, 5.41) is 0. The van der Waals surface area contributed by atoms with E-state index in [1.54, 1.807) is 0 Å². The molecule has 4 N–H and O–H groups in total. The lowest BCUT2D eigenvalue weighted by Crippen LogP contribution is -2.52. The van der Waals surface area contributed by atoms with Crippen LogP contribution < -0.4 is 16.4 Å². The van der Waals surface area contributed by atoms with Gasteiger partial charge in [-0.2, -0.15) is 0 Å². The number of ether oxygens (including phenoxy) is 1. The molecule has 2 rings (SSSR count). The third-order valence-corrected chi connectivity index (χ3v) is 3.74. The van der Waals surface area contributed by atoms with Crippen LogP contribution in [-0.2, 0) is 9.53 Å². The molecular weight excluding hydrogens is 298 g/mol. The Hall–Kier alpha value is -1.27. The molecule has 1 saturated heterocycles. The van der Waals surface area contributed by atoms with Gasteiger partial charge in [0, 0.05) is 16.7 Å². The van der Waals surface area contributed by atoms with Crippen LogP contribution in [0.15, 0.2) is 16.6 Å². The molecule has 1 aromatic carbocycles. The van der Waals surface area contributed by atoms with Gasteiger partial charge in [-0.1, -0.05) is 0 Å². The molecule has 1 atom stereocenters. The van der Waals surface area contributed by atoms with Gasteiger partial charge in [-0.3, -0.25) is 4.79 Å². The van der Waals surface area contributed by atoms with Crippen LogP contribution in [0.2, 0.25) is 0 Å². The maximum atomic E-state index is 11.5. The predicted molar refractivity (Wildman–Crippen MR) is 74.4 cm³/mol. The highest BCUT2D eigenvalue weighted by Gasteiger charge is 2.29. The zero-order valence-corrected chi connectivity index (χ0v) is 11.7. The van der Waals surface area contributed by atoms with Crippen molar-refractivity contribution >= 4 is 33.2 Å². The van der Waals surface area contributed by atoms with E-state index in [1.807, 2.05) is 24.0 Å². The number of primary amides is 1. The number of aryl methyl sites for hydroxylation is 1. The molecular formula is C12H16BrN3O2. The van der Waals surface area contributed by atoms with Gasteiger partial charge in [0.25, 0.3) is 0 Å². The monoisotopic (exact) mass is 313 g/mol. The molecule has 5 nitrogen and oxygen atoms in total. The summed E-state index contributed by atoms with van der Waals surface area (Å²) in [6, 6.07) is 3.37. The molecule has 1 aliphatic heterocycles. The van der Waals surface area contributed by atoms with Gasteiger partial charge < -0.3 is 21.1 Å². The molecule has 1 aliphatic rings. The van der Waals surface area contributed by atoms with Gasteiger partial charge >= 0.3 is 0 Å². The van der Waals surface area contributed by atoms with Crippen molar-refractivity contribution < 1.29 is 9.53 Å². The summed E-state index contributed by atoms with van der Waals surface area (Å²) in [5.41, 5.74) is 13.9. The zero-order chi connectivity index (χ0) is 13.3. The number of nitrogens with zero attached hydrogens (tertiary/aromatic N) is 1. The summed E-state index contributed by atoms with van der Waals surface area (Å²) in [5.74, 6) is -0.379. The normalized spacial score (nSPS) is 19.9. The van der Waals surface area contributed by atoms with Crippen molar-refractivity contribution in [1.82, 2.24) is 0 Å². The molecule has 1 amide bonds. The Balaban J connectivity index is 2.39. The predicted octanol–water partition coefficient (Wildman–Crippen LogP) is 1.03. The van der Waals surface area contributed by atoms with Crippen molar-refractivity contribution in [2.24, 2.45) is 5.73 Å². The number of anilines is 2. The number of morpholine rings is 1. The fraction of sp³-hybridized carbons (Fsp3) is 0.417. The standard InChI is InChI=1S/C12H16BrN3O2/c1-7-4-10(8(13)5-9(7)14)16-2-3-18-6-11(16)12(15)17/h4-5,11H,2-3,6,14H2,1H3,(H2,15,17). The van der Waals surface area contributed by atoms with Crippen LogP contribution in [0.3, 0.4) is 0 Å². The summed E-state index contributed by atoms with van der Waals surface area (Å²) >= 11 is 3.48. The van der Waals surface area contributed by atoms with E-state index in [-0.39, 0.29) is 5.91 Å². The quantitative estimate of drug-likeness (QED) is 0.799. The number of hydrogen-bond donors (Lipinski definition) is 2. The Morgan fingerprint density at radius 3 is 2.94 bits per heavy atom. The van der Waals surface area contributed by atoms with E-state index in [0.717, 1.165) is 21.4 Å². The molecule has 0 aliphatic carbocycles. The smallest absolute Gasteiger partial charge is 0.242 e. The number of amides is 1. The Morgan fingerprint density at radius 1 is 1.56 bits per heavy atom. The first kappa shape index (κ1) is 13.2. The van der Waals surface area contributed by atoms with Crippen LogP contribution in [0.5, 0.6) is 0 Å². The Kier molecular flexibility index (Phi) is 3.77. The Morgan fingerprint density at radius 2 is 2.28 bits per heavy atom. The number of nitrogens with two attached hydrogens (primary N) is 2. The summed E-state index contributed by atoms with van der Waals surface area (Å²) in [6.07, 6.45) is 0. The van der Waals surface area contributed by atoms with Crippen LogP contribution >= 0.6 is 15.9 Å². The molecule has 1 heterocycles. The fourth-order valence-electron chi connectivity index (χ4n) is 2.03. The molecule has 1 fully saturated rings. The number of rotatable bonds is 2. The maximum absolute atomic E-state index is 11.5. The molecule has 0 spiro atoms. The van der Waals surface area contributed by atoms with Gasteiger partial charge in [-0.15, -0.1) is 0 Å². The highest BCUT2D eigenvalue weighted by molar-refractivity contribution is 9.10. The van der Waals surface area contributed by atoms with Crippen molar-refractivity contribution in [3.05, 3.63) is 22.2 Å². The number of nitrogen functional groups attached to an aromatic ring is 1. The molecule has 0 saturated carbocycles. The van der Waals surface area contributed by atoms with Crippen molar-refractivity contribution in [1.29, 1.82) is 0 Å². The van der Waals surface area contributed by atoms with E-state index < -0.39 is 6.04 Å². The van der Waals surface area contributed by atoms with Crippen LogP contribution in [0, 0.1) is 6.92 Å². The minimum absolute atomic E-state index is 0.325. The first-order valence-electron chi connectivity index (χ1n) is 5.70. The average molecular weight is 314 g/mol. The van der Waals surface area contributed by atoms with Gasteiger partial charge in [-0.25, -0.2) is 0 Å². The zero-order valence-electron chi connectivity index (χ0n) is 10.1. The molecule has 0 bridgehead atoms. The third-order valence-electron chi connectivity index (χ3n) is 3.10. The van der Waals surface area contributed by atoms with Crippen molar-refractivity contribution in [2.75, 3.05) is 30.4 Å². The Labute approximate surface area is 114 Å². The van der Waals surface area contributed by atoms with Gasteiger partial charge in [0.05, 0.1) is 18.9 Å². The second kappa shape index (κ2) is 5.16. The van der Waals surface area contributed by atoms with Crippen LogP contribution in [0.25, 0.3) is 0 Å². The van der Waals surface area contributed by atoms with E-state index in [2.05, 4.69) is 15.9 Å². The van der Waals surface area contributed by atoms with E-state index in [1.165, 1.54) is 0 Å². The highest BCUT2D eigenvalue weighted by Crippen LogP contribution is 2.32. The van der Waals surface area contributed by atoms with Gasteiger partial charge in [0.2, 0.25) is 5.91 Å². The molecule has 98 valence electrons. The minimum Gasteiger partial charge on any atom is -0.398 e. The third kappa shape index (κ3) is 2.44. The van der Waals surface area contributed by atoms with Gasteiger partial charge in [0.15, 0.2) is 0 Å². The van der Waals surface area contributed by atoms with Crippen molar-refractivity contribution in [2.45, 2.75) is 13.0 Å². The van der Waals surface area contributed by atoms with E-state index in [0.29, 0.717) is 19.8 Å². The average Bonchev–Trinajstić information content (AvgIpc) is 2.34. The van der Waals surface area contributed by atoms with E-state index in [9.17, 15) is 4.79 Å².